The molecule has 1 saturated heterocycles. The first-order valence-electron chi connectivity index (χ1n) is 10.1. The molecule has 30 heavy (non-hydrogen) atoms. The van der Waals surface area contributed by atoms with Gasteiger partial charge in [0.25, 0.3) is 0 Å². The summed E-state index contributed by atoms with van der Waals surface area (Å²) in [6, 6.07) is 10.7. The third-order valence-corrected chi connectivity index (χ3v) is 7.80. The van der Waals surface area contributed by atoms with Crippen molar-refractivity contribution in [2.24, 2.45) is 5.92 Å². The van der Waals surface area contributed by atoms with Crippen LogP contribution in [-0.2, 0) is 32.4 Å². The zero-order valence-corrected chi connectivity index (χ0v) is 17.2. The van der Waals surface area contributed by atoms with Crippen molar-refractivity contribution in [2.45, 2.75) is 43.1 Å². The predicted molar refractivity (Wildman–Crippen MR) is 106 cm³/mol. The molecule has 160 valence electrons. The molecule has 1 heterocycles. The van der Waals surface area contributed by atoms with E-state index in [1.807, 2.05) is 12.1 Å². The van der Waals surface area contributed by atoms with E-state index in [1.54, 1.807) is 0 Å². The number of nitrogens with zero attached hydrogens (tertiary/aromatic N) is 1. The molecule has 0 saturated carbocycles. The van der Waals surface area contributed by atoms with Gasteiger partial charge in [-0.05, 0) is 55.0 Å². The van der Waals surface area contributed by atoms with Crippen LogP contribution in [0.2, 0.25) is 0 Å². The fourth-order valence-corrected chi connectivity index (χ4v) is 5.63. The summed E-state index contributed by atoms with van der Waals surface area (Å²) < 4.78 is 58.8. The van der Waals surface area contributed by atoms with Gasteiger partial charge in [-0.2, -0.15) is 4.31 Å². The number of hydrogen-bond donors (Lipinski definition) is 0. The minimum atomic E-state index is -3.94. The monoisotopic (exact) mass is 435 g/mol. The number of piperidine rings is 1. The third-order valence-electron chi connectivity index (χ3n) is 5.90. The van der Waals surface area contributed by atoms with E-state index in [2.05, 4.69) is 12.1 Å². The molecule has 1 aliphatic carbocycles. The number of hydrogen-bond acceptors (Lipinski definition) is 4. The number of rotatable bonds is 4. The molecule has 5 nitrogen and oxygen atoms in total. The second kappa shape index (κ2) is 8.43. The fraction of sp³-hybridized carbons (Fsp3) is 0.409. The standard InChI is InChI=1S/C22H23F2NO4S/c23-20-8-7-19(14-21(20)24)30(27,28)25-11-9-16(10-12-25)22(26)29-18-6-5-15-3-1-2-4-17(15)13-18/h1-4,7-8,14,16,18H,5-6,9-13H2. The lowest BCUT2D eigenvalue weighted by atomic mass is 9.89. The van der Waals surface area contributed by atoms with Gasteiger partial charge in [-0.25, -0.2) is 17.2 Å². The molecular weight excluding hydrogens is 412 g/mol. The molecule has 1 aliphatic heterocycles. The second-order valence-electron chi connectivity index (χ2n) is 7.82. The summed E-state index contributed by atoms with van der Waals surface area (Å²) in [6.07, 6.45) is 2.88. The van der Waals surface area contributed by atoms with E-state index in [-0.39, 0.29) is 36.0 Å². The lowest BCUT2D eigenvalue weighted by Gasteiger charge is -2.32. The van der Waals surface area contributed by atoms with Gasteiger partial charge in [-0.1, -0.05) is 24.3 Å². The number of fused-ring (bicyclic) bond motifs is 1. The number of ether oxygens (including phenoxy) is 1. The molecule has 2 aromatic rings. The van der Waals surface area contributed by atoms with E-state index in [0.717, 1.165) is 25.0 Å². The van der Waals surface area contributed by atoms with Gasteiger partial charge in [0.1, 0.15) is 6.10 Å². The van der Waals surface area contributed by atoms with E-state index in [1.165, 1.54) is 15.4 Å². The number of aryl methyl sites for hydroxylation is 1. The molecule has 4 rings (SSSR count). The Bertz CT molecular complexity index is 1050. The molecule has 1 unspecified atom stereocenters. The van der Waals surface area contributed by atoms with Gasteiger partial charge in [0.15, 0.2) is 11.6 Å². The minimum absolute atomic E-state index is 0.134. The molecule has 8 heteroatoms. The Hall–Kier alpha value is -2.32. The van der Waals surface area contributed by atoms with E-state index in [0.29, 0.717) is 25.3 Å². The normalized spacial score (nSPS) is 20.5. The maximum Gasteiger partial charge on any atom is 0.309 e. The molecule has 0 radical (unpaired) electrons. The van der Waals surface area contributed by atoms with Crippen LogP contribution in [0, 0.1) is 17.6 Å². The highest BCUT2D eigenvalue weighted by Crippen LogP contribution is 2.28. The van der Waals surface area contributed by atoms with Crippen LogP contribution < -0.4 is 0 Å². The molecular formula is C22H23F2NO4S. The topological polar surface area (TPSA) is 63.7 Å². The maximum atomic E-state index is 13.4. The van der Waals surface area contributed by atoms with Crippen LogP contribution in [0.15, 0.2) is 47.4 Å². The third kappa shape index (κ3) is 4.25. The summed E-state index contributed by atoms with van der Waals surface area (Å²) in [7, 11) is -3.94. The average Bonchev–Trinajstić information content (AvgIpc) is 2.75. The van der Waals surface area contributed by atoms with Crippen LogP contribution in [0.4, 0.5) is 8.78 Å². The highest BCUT2D eigenvalue weighted by atomic mass is 32.2. The number of esters is 1. The van der Waals surface area contributed by atoms with Crippen molar-refractivity contribution in [3.05, 3.63) is 65.2 Å². The Morgan fingerprint density at radius 1 is 0.967 bits per heavy atom. The van der Waals surface area contributed by atoms with Gasteiger partial charge in [0.05, 0.1) is 10.8 Å². The summed E-state index contributed by atoms with van der Waals surface area (Å²) in [6.45, 7) is 0.267. The lowest BCUT2D eigenvalue weighted by molar-refractivity contribution is -0.155. The van der Waals surface area contributed by atoms with E-state index in [9.17, 15) is 22.0 Å². The van der Waals surface area contributed by atoms with Gasteiger partial charge in [-0.3, -0.25) is 4.79 Å². The number of benzene rings is 2. The Kier molecular flexibility index (Phi) is 5.88. The van der Waals surface area contributed by atoms with E-state index in [4.69, 9.17) is 4.74 Å². The molecule has 0 amide bonds. The maximum absolute atomic E-state index is 13.4. The van der Waals surface area contributed by atoms with Crippen molar-refractivity contribution in [2.75, 3.05) is 13.1 Å². The van der Waals surface area contributed by atoms with Crippen LogP contribution in [0.5, 0.6) is 0 Å². The Labute approximate surface area is 174 Å². The van der Waals surface area contributed by atoms with E-state index >= 15 is 0 Å². The number of sulfonamides is 1. The predicted octanol–water partition coefficient (Wildman–Crippen LogP) is 3.47. The Balaban J connectivity index is 1.34. The molecule has 2 aliphatic rings. The van der Waals surface area contributed by atoms with E-state index < -0.39 is 21.7 Å². The summed E-state index contributed by atoms with van der Waals surface area (Å²) in [5, 5.41) is 0. The van der Waals surface area contributed by atoms with Gasteiger partial charge in [0.2, 0.25) is 10.0 Å². The smallest absolute Gasteiger partial charge is 0.309 e. The van der Waals surface area contributed by atoms with Crippen molar-refractivity contribution in [3.63, 3.8) is 0 Å². The fourth-order valence-electron chi connectivity index (χ4n) is 4.14. The first kappa shape index (κ1) is 20.9. The second-order valence-corrected chi connectivity index (χ2v) is 9.76. The summed E-state index contributed by atoms with van der Waals surface area (Å²) >= 11 is 0. The molecule has 0 aromatic heterocycles. The minimum Gasteiger partial charge on any atom is -0.462 e. The average molecular weight is 435 g/mol. The molecule has 2 aromatic carbocycles. The molecule has 1 atom stereocenters. The molecule has 1 fully saturated rings. The van der Waals surface area contributed by atoms with Crippen LogP contribution in [-0.4, -0.2) is 37.9 Å². The summed E-state index contributed by atoms with van der Waals surface area (Å²) in [5.41, 5.74) is 2.49. The Morgan fingerprint density at radius 3 is 2.37 bits per heavy atom. The van der Waals surface area contributed by atoms with Gasteiger partial charge in [-0.15, -0.1) is 0 Å². The van der Waals surface area contributed by atoms with Crippen LogP contribution >= 0.6 is 0 Å². The van der Waals surface area contributed by atoms with Crippen molar-refractivity contribution in [1.29, 1.82) is 0 Å². The van der Waals surface area contributed by atoms with Crippen molar-refractivity contribution in [3.8, 4) is 0 Å². The zero-order valence-electron chi connectivity index (χ0n) is 16.4. The first-order chi connectivity index (χ1) is 14.3. The zero-order chi connectivity index (χ0) is 21.3. The quantitative estimate of drug-likeness (QED) is 0.690. The van der Waals surface area contributed by atoms with Crippen molar-refractivity contribution in [1.82, 2.24) is 4.31 Å². The number of carbonyl (C=O) groups excluding carboxylic acids is 1. The molecule has 0 N–H and O–H groups in total. The lowest BCUT2D eigenvalue weighted by Crippen LogP contribution is -2.41. The van der Waals surface area contributed by atoms with Crippen LogP contribution in [0.1, 0.15) is 30.4 Å². The van der Waals surface area contributed by atoms with Crippen LogP contribution in [0.3, 0.4) is 0 Å². The van der Waals surface area contributed by atoms with Crippen molar-refractivity contribution < 1.29 is 26.7 Å². The summed E-state index contributed by atoms with van der Waals surface area (Å²) in [4.78, 5) is 12.3. The summed E-state index contributed by atoms with van der Waals surface area (Å²) in [5.74, 6) is -2.95. The molecule has 0 bridgehead atoms. The Morgan fingerprint density at radius 2 is 1.67 bits per heavy atom. The van der Waals surface area contributed by atoms with Gasteiger partial charge >= 0.3 is 5.97 Å². The number of carbonyl (C=O) groups is 1. The largest absolute Gasteiger partial charge is 0.462 e. The SMILES string of the molecule is O=C(OC1CCc2ccccc2C1)C1CCN(S(=O)(=O)c2ccc(F)c(F)c2)CC1. The van der Waals surface area contributed by atoms with Gasteiger partial charge in [0, 0.05) is 19.5 Å². The first-order valence-corrected chi connectivity index (χ1v) is 11.5. The highest BCUT2D eigenvalue weighted by molar-refractivity contribution is 7.89. The van der Waals surface area contributed by atoms with Crippen molar-refractivity contribution >= 4 is 16.0 Å². The van der Waals surface area contributed by atoms with Crippen LogP contribution in [0.25, 0.3) is 0 Å². The molecule has 0 spiro atoms. The number of halogens is 2. The highest BCUT2D eigenvalue weighted by Gasteiger charge is 2.34. The van der Waals surface area contributed by atoms with Gasteiger partial charge < -0.3 is 4.74 Å².